The lowest BCUT2D eigenvalue weighted by Crippen LogP contribution is -2.26. The maximum Gasteiger partial charge on any atom is 0.220 e. The minimum absolute atomic E-state index is 0. The second-order valence-corrected chi connectivity index (χ2v) is 6.24. The molecule has 1 aromatic heterocycles. The van der Waals surface area contributed by atoms with Crippen LogP contribution < -0.4 is 11.1 Å². The Bertz CT molecular complexity index is 580. The minimum atomic E-state index is 0. The van der Waals surface area contributed by atoms with Gasteiger partial charge in [0.25, 0.3) is 0 Å². The maximum absolute atomic E-state index is 11.6. The number of hydrogen-bond acceptors (Lipinski definition) is 4. The van der Waals surface area contributed by atoms with Crippen LogP contribution in [0.25, 0.3) is 10.2 Å². The van der Waals surface area contributed by atoms with E-state index in [4.69, 9.17) is 5.73 Å². The van der Waals surface area contributed by atoms with Gasteiger partial charge in [0.05, 0.1) is 15.2 Å². The van der Waals surface area contributed by atoms with Crippen LogP contribution in [0.2, 0.25) is 0 Å². The van der Waals surface area contributed by atoms with Crippen LogP contribution >= 0.6 is 52.1 Å². The van der Waals surface area contributed by atoms with Crippen molar-refractivity contribution in [3.63, 3.8) is 0 Å². The molecular formula is C13H18BrCl2N3OS. The number of hydrogen-bond donors (Lipinski definition) is 2. The fourth-order valence-corrected chi connectivity index (χ4v) is 2.99. The van der Waals surface area contributed by atoms with Crippen molar-refractivity contribution < 1.29 is 4.79 Å². The normalized spacial score (nSPS) is 9.81. The molecule has 0 saturated heterocycles. The molecule has 0 aliphatic heterocycles. The van der Waals surface area contributed by atoms with Crippen molar-refractivity contribution in [1.82, 2.24) is 10.3 Å². The highest BCUT2D eigenvalue weighted by Gasteiger charge is 2.07. The number of halogens is 3. The number of nitrogens with two attached hydrogens (primary N) is 1. The molecule has 2 rings (SSSR count). The van der Waals surface area contributed by atoms with Crippen LogP contribution in [0, 0.1) is 0 Å². The summed E-state index contributed by atoms with van der Waals surface area (Å²) in [4.78, 5) is 16.1. The van der Waals surface area contributed by atoms with Gasteiger partial charge < -0.3 is 11.1 Å². The zero-order chi connectivity index (χ0) is 13.7. The first-order valence-electron chi connectivity index (χ1n) is 6.21. The number of amides is 1. The molecule has 0 spiro atoms. The molecule has 118 valence electrons. The average Bonchev–Trinajstić information content (AvgIpc) is 2.78. The monoisotopic (exact) mass is 413 g/mol. The summed E-state index contributed by atoms with van der Waals surface area (Å²) in [5, 5.41) is 3.85. The van der Waals surface area contributed by atoms with Crippen LogP contribution in [0.15, 0.2) is 22.7 Å². The number of fused-ring (bicyclic) bond motifs is 1. The topological polar surface area (TPSA) is 68.0 Å². The number of carbonyl (C=O) groups excluding carboxylic acids is 1. The van der Waals surface area contributed by atoms with E-state index < -0.39 is 0 Å². The van der Waals surface area contributed by atoms with Gasteiger partial charge in [0.1, 0.15) is 0 Å². The van der Waals surface area contributed by atoms with E-state index in [1.54, 1.807) is 11.3 Å². The van der Waals surface area contributed by atoms with Crippen LogP contribution in [0.4, 0.5) is 0 Å². The molecule has 1 heterocycles. The number of carbonyl (C=O) groups is 1. The molecule has 1 aromatic carbocycles. The van der Waals surface area contributed by atoms with Gasteiger partial charge >= 0.3 is 0 Å². The molecule has 0 aliphatic rings. The van der Waals surface area contributed by atoms with Gasteiger partial charge in [0.2, 0.25) is 5.91 Å². The lowest BCUT2D eigenvalue weighted by molar-refractivity contribution is -0.121. The summed E-state index contributed by atoms with van der Waals surface area (Å²) < 4.78 is 2.18. The van der Waals surface area contributed by atoms with E-state index in [2.05, 4.69) is 26.2 Å². The van der Waals surface area contributed by atoms with Gasteiger partial charge in [-0.25, -0.2) is 4.98 Å². The van der Waals surface area contributed by atoms with Gasteiger partial charge in [-0.1, -0.05) is 15.9 Å². The maximum atomic E-state index is 11.6. The van der Waals surface area contributed by atoms with Crippen molar-refractivity contribution in [3.8, 4) is 0 Å². The van der Waals surface area contributed by atoms with E-state index in [0.29, 0.717) is 25.9 Å². The molecule has 0 bridgehead atoms. The van der Waals surface area contributed by atoms with Gasteiger partial charge in [0.15, 0.2) is 0 Å². The highest BCUT2D eigenvalue weighted by Crippen LogP contribution is 2.25. The summed E-state index contributed by atoms with van der Waals surface area (Å²) in [7, 11) is 0. The van der Waals surface area contributed by atoms with Crippen LogP contribution in [-0.2, 0) is 11.2 Å². The Balaban J connectivity index is 0.00000200. The summed E-state index contributed by atoms with van der Waals surface area (Å²) >= 11 is 5.07. The first kappa shape index (κ1) is 20.6. The summed E-state index contributed by atoms with van der Waals surface area (Å²) in [5.41, 5.74) is 6.36. The van der Waals surface area contributed by atoms with Crippen LogP contribution in [-0.4, -0.2) is 24.0 Å². The Morgan fingerprint density at radius 3 is 2.86 bits per heavy atom. The Morgan fingerprint density at radius 2 is 2.14 bits per heavy atom. The molecule has 0 aliphatic carbocycles. The van der Waals surface area contributed by atoms with Gasteiger partial charge in [-0.05, 0) is 31.2 Å². The highest BCUT2D eigenvalue weighted by molar-refractivity contribution is 9.10. The second-order valence-electron chi connectivity index (χ2n) is 4.21. The quantitative estimate of drug-likeness (QED) is 0.712. The van der Waals surface area contributed by atoms with E-state index in [-0.39, 0.29) is 30.7 Å². The van der Waals surface area contributed by atoms with Crippen molar-refractivity contribution in [2.75, 3.05) is 13.1 Å². The molecule has 3 N–H and O–H groups in total. The van der Waals surface area contributed by atoms with E-state index in [1.807, 2.05) is 18.2 Å². The lowest BCUT2D eigenvalue weighted by Gasteiger charge is -2.02. The van der Waals surface area contributed by atoms with Crippen LogP contribution in [0.1, 0.15) is 17.8 Å². The minimum Gasteiger partial charge on any atom is -0.356 e. The largest absolute Gasteiger partial charge is 0.356 e. The van der Waals surface area contributed by atoms with E-state index in [0.717, 1.165) is 26.1 Å². The highest BCUT2D eigenvalue weighted by atomic mass is 79.9. The standard InChI is InChI=1S/C13H16BrN3OS.2ClH/c14-9-2-3-11-10(8-9)17-13(19-11)5-4-12(18)16-7-1-6-15;;/h2-3,8H,1,4-7,15H2,(H,16,18);2*1H. The first-order chi connectivity index (χ1) is 9.19. The third-order valence-corrected chi connectivity index (χ3v) is 4.25. The summed E-state index contributed by atoms with van der Waals surface area (Å²) in [6.45, 7) is 1.26. The Morgan fingerprint density at radius 1 is 1.38 bits per heavy atom. The summed E-state index contributed by atoms with van der Waals surface area (Å²) in [5.74, 6) is 0.0638. The SMILES string of the molecule is Cl.Cl.NCCCNC(=O)CCc1nc2cc(Br)ccc2s1. The fourth-order valence-electron chi connectivity index (χ4n) is 1.69. The number of nitrogens with zero attached hydrogens (tertiary/aromatic N) is 1. The molecule has 0 radical (unpaired) electrons. The van der Waals surface area contributed by atoms with Crippen molar-refractivity contribution in [1.29, 1.82) is 0 Å². The van der Waals surface area contributed by atoms with E-state index >= 15 is 0 Å². The third kappa shape index (κ3) is 6.48. The first-order valence-corrected chi connectivity index (χ1v) is 7.82. The Labute approximate surface area is 148 Å². The number of thiazole rings is 1. The van der Waals surface area contributed by atoms with Crippen molar-refractivity contribution in [2.45, 2.75) is 19.3 Å². The molecule has 21 heavy (non-hydrogen) atoms. The lowest BCUT2D eigenvalue weighted by atomic mass is 10.3. The van der Waals surface area contributed by atoms with Crippen LogP contribution in [0.5, 0.6) is 0 Å². The van der Waals surface area contributed by atoms with Crippen molar-refractivity contribution in [3.05, 3.63) is 27.7 Å². The molecular weight excluding hydrogens is 397 g/mol. The molecule has 8 heteroatoms. The Kier molecular flexibility index (Phi) is 10.1. The van der Waals surface area contributed by atoms with Crippen molar-refractivity contribution in [2.24, 2.45) is 5.73 Å². The second kappa shape index (κ2) is 10.3. The van der Waals surface area contributed by atoms with Crippen molar-refractivity contribution >= 4 is 68.2 Å². The Hall–Kier alpha value is -0.400. The molecule has 4 nitrogen and oxygen atoms in total. The number of aryl methyl sites for hydroxylation is 1. The molecule has 0 unspecified atom stereocenters. The van der Waals surface area contributed by atoms with E-state index in [1.165, 1.54) is 0 Å². The third-order valence-electron chi connectivity index (χ3n) is 2.66. The smallest absolute Gasteiger partial charge is 0.220 e. The molecule has 0 fully saturated rings. The van der Waals surface area contributed by atoms with Gasteiger partial charge in [-0.3, -0.25) is 4.79 Å². The predicted octanol–water partition coefficient (Wildman–Crippen LogP) is 3.30. The number of benzene rings is 1. The van der Waals surface area contributed by atoms with Gasteiger partial charge in [0, 0.05) is 23.9 Å². The number of nitrogens with one attached hydrogen (secondary N) is 1. The fraction of sp³-hybridized carbons (Fsp3) is 0.385. The van der Waals surface area contributed by atoms with Gasteiger partial charge in [-0.15, -0.1) is 36.2 Å². The number of aromatic nitrogens is 1. The zero-order valence-electron chi connectivity index (χ0n) is 11.3. The van der Waals surface area contributed by atoms with Gasteiger partial charge in [-0.2, -0.15) is 0 Å². The molecule has 0 saturated carbocycles. The number of rotatable bonds is 6. The average molecular weight is 415 g/mol. The molecule has 1 amide bonds. The predicted molar refractivity (Wildman–Crippen MR) is 96.8 cm³/mol. The molecule has 2 aromatic rings. The molecule has 0 atom stereocenters. The van der Waals surface area contributed by atoms with E-state index in [9.17, 15) is 4.79 Å². The summed E-state index contributed by atoms with van der Waals surface area (Å²) in [6.07, 6.45) is 1.98. The summed E-state index contributed by atoms with van der Waals surface area (Å²) in [6, 6.07) is 6.04. The van der Waals surface area contributed by atoms with Crippen LogP contribution in [0.3, 0.4) is 0 Å². The zero-order valence-corrected chi connectivity index (χ0v) is 15.3.